The van der Waals surface area contributed by atoms with Crippen molar-refractivity contribution in [3.8, 4) is 0 Å². The lowest BCUT2D eigenvalue weighted by atomic mass is 10.0. The van der Waals surface area contributed by atoms with E-state index in [9.17, 15) is 0 Å². The van der Waals surface area contributed by atoms with Crippen molar-refractivity contribution in [1.29, 1.82) is 0 Å². The molecule has 3 nitrogen and oxygen atoms in total. The number of rotatable bonds is 3. The van der Waals surface area contributed by atoms with Crippen molar-refractivity contribution in [1.82, 2.24) is 9.97 Å². The van der Waals surface area contributed by atoms with Crippen molar-refractivity contribution in [3.63, 3.8) is 0 Å². The Labute approximate surface area is 128 Å². The molecule has 0 saturated heterocycles. The molecule has 1 N–H and O–H groups in total. The van der Waals surface area contributed by atoms with Gasteiger partial charge in [0.05, 0.1) is 10.2 Å². The van der Waals surface area contributed by atoms with E-state index in [0.717, 1.165) is 41.1 Å². The first-order valence-corrected chi connectivity index (χ1v) is 7.85. The molecule has 0 radical (unpaired) electrons. The smallest absolute Gasteiger partial charge is 0.144 e. The van der Waals surface area contributed by atoms with Gasteiger partial charge in [-0.15, -0.1) is 0 Å². The van der Waals surface area contributed by atoms with Gasteiger partial charge in [0.2, 0.25) is 0 Å². The van der Waals surface area contributed by atoms with Crippen LogP contribution in [0.1, 0.15) is 41.9 Å². The number of halogens is 1. The van der Waals surface area contributed by atoms with Gasteiger partial charge in [-0.05, 0) is 46.3 Å². The highest BCUT2D eigenvalue weighted by atomic mass is 79.9. The molecule has 0 amide bonds. The van der Waals surface area contributed by atoms with E-state index in [1.165, 1.54) is 11.1 Å². The summed E-state index contributed by atoms with van der Waals surface area (Å²) in [5, 5.41) is 3.16. The average Bonchev–Trinajstić information content (AvgIpc) is 2.91. The third-order valence-electron chi connectivity index (χ3n) is 3.95. The van der Waals surface area contributed by atoms with Crippen LogP contribution in [0.2, 0.25) is 0 Å². The van der Waals surface area contributed by atoms with Crippen LogP contribution >= 0.6 is 15.9 Å². The summed E-state index contributed by atoms with van der Waals surface area (Å²) in [4.78, 5) is 9.49. The molecule has 1 aliphatic rings. The zero-order valence-electron chi connectivity index (χ0n) is 11.8. The molecule has 1 unspecified atom stereocenters. The minimum atomic E-state index is 0.330. The maximum Gasteiger partial charge on any atom is 0.144 e. The Morgan fingerprint density at radius 1 is 1.30 bits per heavy atom. The molecular formula is C16H18BrN3. The number of aryl methyl sites for hydroxylation is 2. The van der Waals surface area contributed by atoms with Crippen LogP contribution < -0.4 is 5.32 Å². The second kappa shape index (κ2) is 5.52. The summed E-state index contributed by atoms with van der Waals surface area (Å²) in [6.45, 7) is 2.12. The SMILES string of the molecule is CCc1nc(C2CCc3ccccc32)nc(NC)c1Br. The van der Waals surface area contributed by atoms with Crippen LogP contribution in [0, 0.1) is 0 Å². The van der Waals surface area contributed by atoms with Gasteiger partial charge >= 0.3 is 0 Å². The summed E-state index contributed by atoms with van der Waals surface area (Å²) in [7, 11) is 1.90. The number of anilines is 1. The van der Waals surface area contributed by atoms with Crippen molar-refractivity contribution in [2.45, 2.75) is 32.1 Å². The van der Waals surface area contributed by atoms with Gasteiger partial charge in [0.25, 0.3) is 0 Å². The summed E-state index contributed by atoms with van der Waals surface area (Å²) >= 11 is 3.59. The van der Waals surface area contributed by atoms with Gasteiger partial charge in [-0.1, -0.05) is 31.2 Å². The van der Waals surface area contributed by atoms with Gasteiger partial charge in [-0.3, -0.25) is 0 Å². The number of benzene rings is 1. The number of hydrogen-bond acceptors (Lipinski definition) is 3. The van der Waals surface area contributed by atoms with E-state index in [2.05, 4.69) is 52.4 Å². The number of fused-ring (bicyclic) bond motifs is 1. The van der Waals surface area contributed by atoms with Gasteiger partial charge < -0.3 is 5.32 Å². The molecule has 104 valence electrons. The fourth-order valence-electron chi connectivity index (χ4n) is 2.89. The molecule has 1 aromatic heterocycles. The van der Waals surface area contributed by atoms with Crippen molar-refractivity contribution in [2.75, 3.05) is 12.4 Å². The Morgan fingerprint density at radius 3 is 2.85 bits per heavy atom. The minimum absolute atomic E-state index is 0.330. The molecular weight excluding hydrogens is 314 g/mol. The first-order chi connectivity index (χ1) is 9.74. The van der Waals surface area contributed by atoms with Gasteiger partial charge in [-0.25, -0.2) is 9.97 Å². The molecule has 0 saturated carbocycles. The predicted octanol–water partition coefficient (Wildman–Crippen LogP) is 3.92. The van der Waals surface area contributed by atoms with Gasteiger partial charge in [0, 0.05) is 13.0 Å². The van der Waals surface area contributed by atoms with Crippen LogP contribution in [-0.2, 0) is 12.8 Å². The van der Waals surface area contributed by atoms with Crippen molar-refractivity contribution in [2.24, 2.45) is 0 Å². The Kier molecular flexibility index (Phi) is 3.74. The second-order valence-electron chi connectivity index (χ2n) is 5.08. The van der Waals surface area contributed by atoms with Crippen LogP contribution in [0.3, 0.4) is 0 Å². The first-order valence-electron chi connectivity index (χ1n) is 7.06. The van der Waals surface area contributed by atoms with Gasteiger partial charge in [-0.2, -0.15) is 0 Å². The second-order valence-corrected chi connectivity index (χ2v) is 5.88. The van der Waals surface area contributed by atoms with Gasteiger partial charge in [0.1, 0.15) is 11.6 Å². The zero-order valence-corrected chi connectivity index (χ0v) is 13.4. The fourth-order valence-corrected chi connectivity index (χ4v) is 3.55. The normalized spacial score (nSPS) is 17.1. The lowest BCUT2D eigenvalue weighted by Gasteiger charge is -2.15. The quantitative estimate of drug-likeness (QED) is 0.926. The first kappa shape index (κ1) is 13.6. The Balaban J connectivity index is 2.08. The topological polar surface area (TPSA) is 37.8 Å². The summed E-state index contributed by atoms with van der Waals surface area (Å²) in [5.74, 6) is 2.16. The zero-order chi connectivity index (χ0) is 14.1. The highest BCUT2D eigenvalue weighted by Crippen LogP contribution is 2.37. The van der Waals surface area contributed by atoms with Crippen molar-refractivity contribution in [3.05, 3.63) is 51.4 Å². The van der Waals surface area contributed by atoms with E-state index in [-0.39, 0.29) is 0 Å². The van der Waals surface area contributed by atoms with E-state index >= 15 is 0 Å². The molecule has 0 spiro atoms. The molecule has 4 heteroatoms. The Morgan fingerprint density at radius 2 is 2.10 bits per heavy atom. The molecule has 3 rings (SSSR count). The summed E-state index contributed by atoms with van der Waals surface area (Å²) in [6, 6.07) is 8.65. The molecule has 0 bridgehead atoms. The molecule has 0 fully saturated rings. The van der Waals surface area contributed by atoms with Crippen LogP contribution in [-0.4, -0.2) is 17.0 Å². The molecule has 1 aliphatic carbocycles. The summed E-state index contributed by atoms with van der Waals surface area (Å²) in [6.07, 6.45) is 3.13. The third-order valence-corrected chi connectivity index (χ3v) is 4.79. The maximum absolute atomic E-state index is 4.78. The molecule has 1 atom stereocenters. The maximum atomic E-state index is 4.78. The monoisotopic (exact) mass is 331 g/mol. The van der Waals surface area contributed by atoms with Crippen molar-refractivity contribution < 1.29 is 0 Å². The molecule has 20 heavy (non-hydrogen) atoms. The molecule has 0 aliphatic heterocycles. The predicted molar refractivity (Wildman–Crippen MR) is 85.3 cm³/mol. The van der Waals surface area contributed by atoms with E-state index < -0.39 is 0 Å². The van der Waals surface area contributed by atoms with E-state index in [4.69, 9.17) is 9.97 Å². The third kappa shape index (κ3) is 2.22. The summed E-state index contributed by atoms with van der Waals surface area (Å²) in [5.41, 5.74) is 3.90. The van der Waals surface area contributed by atoms with Crippen LogP contribution in [0.25, 0.3) is 0 Å². The van der Waals surface area contributed by atoms with Gasteiger partial charge in [0.15, 0.2) is 0 Å². The molecule has 1 aromatic carbocycles. The number of hydrogen-bond donors (Lipinski definition) is 1. The van der Waals surface area contributed by atoms with Crippen molar-refractivity contribution >= 4 is 21.7 Å². The van der Waals surface area contributed by atoms with E-state index in [0.29, 0.717) is 5.92 Å². The lowest BCUT2D eigenvalue weighted by Crippen LogP contribution is -2.09. The summed E-state index contributed by atoms with van der Waals surface area (Å²) < 4.78 is 0.984. The Hall–Kier alpha value is -1.42. The average molecular weight is 332 g/mol. The number of nitrogens with one attached hydrogen (secondary N) is 1. The van der Waals surface area contributed by atoms with Crippen LogP contribution in [0.5, 0.6) is 0 Å². The minimum Gasteiger partial charge on any atom is -0.372 e. The molecule has 2 aromatic rings. The van der Waals surface area contributed by atoms with E-state index in [1.54, 1.807) is 0 Å². The van der Waals surface area contributed by atoms with Crippen LogP contribution in [0.4, 0.5) is 5.82 Å². The van der Waals surface area contributed by atoms with Crippen LogP contribution in [0.15, 0.2) is 28.7 Å². The standard InChI is InChI=1S/C16H18BrN3/c1-3-13-14(17)16(18-2)20-15(19-13)12-9-8-10-6-4-5-7-11(10)12/h4-7,12H,3,8-9H2,1-2H3,(H,18,19,20). The Bertz CT molecular complexity index is 614. The number of aromatic nitrogens is 2. The number of nitrogens with zero attached hydrogens (tertiary/aromatic N) is 2. The highest BCUT2D eigenvalue weighted by Gasteiger charge is 2.27. The van der Waals surface area contributed by atoms with E-state index in [1.807, 2.05) is 7.05 Å². The highest BCUT2D eigenvalue weighted by molar-refractivity contribution is 9.10. The molecule has 1 heterocycles. The fraction of sp³-hybridized carbons (Fsp3) is 0.375. The lowest BCUT2D eigenvalue weighted by molar-refractivity contribution is 0.718. The largest absolute Gasteiger partial charge is 0.372 e.